The lowest BCUT2D eigenvalue weighted by Crippen LogP contribution is -2.23. The minimum absolute atomic E-state index is 0.000365. The lowest BCUT2D eigenvalue weighted by Gasteiger charge is -2.17. The van der Waals surface area contributed by atoms with Crippen LogP contribution in [0, 0.1) is 0 Å². The Kier molecular flexibility index (Phi) is 6.22. The maximum atomic E-state index is 12.1. The molecule has 0 spiro atoms. The second-order valence-corrected chi connectivity index (χ2v) is 7.15. The first kappa shape index (κ1) is 18.1. The van der Waals surface area contributed by atoms with Crippen molar-refractivity contribution >= 4 is 34.8 Å². The van der Waals surface area contributed by atoms with Gasteiger partial charge in [-0.15, -0.1) is 0 Å². The minimum Gasteiger partial charge on any atom is -0.372 e. The normalized spacial score (nSPS) is 13.9. The van der Waals surface area contributed by atoms with Crippen molar-refractivity contribution in [3.8, 4) is 0 Å². The largest absolute Gasteiger partial charge is 0.372 e. The van der Waals surface area contributed by atoms with Crippen molar-refractivity contribution < 1.29 is 4.79 Å². The molecule has 0 unspecified atom stereocenters. The van der Waals surface area contributed by atoms with E-state index < -0.39 is 0 Å². The Morgan fingerprint density at radius 3 is 2.28 bits per heavy atom. The van der Waals surface area contributed by atoms with Gasteiger partial charge in [0.2, 0.25) is 5.91 Å². The van der Waals surface area contributed by atoms with E-state index >= 15 is 0 Å². The summed E-state index contributed by atoms with van der Waals surface area (Å²) >= 11 is 12.3. The molecule has 25 heavy (non-hydrogen) atoms. The topological polar surface area (TPSA) is 32.3 Å². The Balaban J connectivity index is 1.47. The van der Waals surface area contributed by atoms with Gasteiger partial charge in [-0.25, -0.2) is 0 Å². The van der Waals surface area contributed by atoms with E-state index in [1.807, 2.05) is 0 Å². The average Bonchev–Trinajstić information content (AvgIpc) is 3.14. The fourth-order valence-corrected chi connectivity index (χ4v) is 3.69. The van der Waals surface area contributed by atoms with Crippen LogP contribution in [0.5, 0.6) is 0 Å². The zero-order chi connectivity index (χ0) is 17.6. The van der Waals surface area contributed by atoms with Gasteiger partial charge in [0.25, 0.3) is 0 Å². The predicted molar refractivity (Wildman–Crippen MR) is 105 cm³/mol. The number of benzene rings is 2. The number of carbonyl (C=O) groups is 1. The highest BCUT2D eigenvalue weighted by atomic mass is 35.5. The van der Waals surface area contributed by atoms with Gasteiger partial charge >= 0.3 is 0 Å². The van der Waals surface area contributed by atoms with Crippen LogP contribution in [0.3, 0.4) is 0 Å². The summed E-state index contributed by atoms with van der Waals surface area (Å²) in [6.45, 7) is 2.82. The van der Waals surface area contributed by atoms with Crippen molar-refractivity contribution in [2.24, 2.45) is 0 Å². The molecule has 0 bridgehead atoms. The summed E-state index contributed by atoms with van der Waals surface area (Å²) in [5, 5.41) is 4.18. The van der Waals surface area contributed by atoms with Crippen molar-refractivity contribution in [2.75, 3.05) is 18.0 Å². The second kappa shape index (κ2) is 8.59. The molecule has 5 heteroatoms. The van der Waals surface area contributed by atoms with Crippen LogP contribution in [0.25, 0.3) is 0 Å². The summed E-state index contributed by atoms with van der Waals surface area (Å²) in [6.07, 6.45) is 3.45. The molecule has 0 aliphatic carbocycles. The molecule has 1 saturated heterocycles. The fourth-order valence-electron chi connectivity index (χ4n) is 3.10. The van der Waals surface area contributed by atoms with E-state index in [4.69, 9.17) is 23.2 Å². The van der Waals surface area contributed by atoms with Crippen molar-refractivity contribution in [3.63, 3.8) is 0 Å². The first-order valence-electron chi connectivity index (χ1n) is 8.67. The van der Waals surface area contributed by atoms with Crippen LogP contribution in [-0.4, -0.2) is 19.0 Å². The molecule has 1 fully saturated rings. The van der Waals surface area contributed by atoms with Gasteiger partial charge in [0.15, 0.2) is 0 Å². The van der Waals surface area contributed by atoms with Crippen LogP contribution >= 0.6 is 23.2 Å². The monoisotopic (exact) mass is 376 g/mol. The van der Waals surface area contributed by atoms with E-state index in [0.29, 0.717) is 29.4 Å². The summed E-state index contributed by atoms with van der Waals surface area (Å²) in [4.78, 5) is 14.5. The molecule has 1 amide bonds. The van der Waals surface area contributed by atoms with Gasteiger partial charge in [0, 0.05) is 41.8 Å². The smallest absolute Gasteiger partial charge is 0.220 e. The molecule has 0 saturated carbocycles. The molecule has 1 aliphatic heterocycles. The number of amides is 1. The third kappa shape index (κ3) is 4.90. The van der Waals surface area contributed by atoms with E-state index in [1.165, 1.54) is 18.5 Å². The van der Waals surface area contributed by atoms with E-state index in [0.717, 1.165) is 24.2 Å². The van der Waals surface area contributed by atoms with Gasteiger partial charge in [0.1, 0.15) is 0 Å². The Bertz CT molecular complexity index is 705. The first-order valence-corrected chi connectivity index (χ1v) is 9.42. The van der Waals surface area contributed by atoms with Gasteiger partial charge in [-0.1, -0.05) is 41.4 Å². The average molecular weight is 377 g/mol. The van der Waals surface area contributed by atoms with Crippen LogP contribution in [-0.2, 0) is 17.8 Å². The number of anilines is 1. The summed E-state index contributed by atoms with van der Waals surface area (Å²) in [6, 6.07) is 13.8. The number of rotatable bonds is 6. The molecule has 1 aliphatic rings. The molecule has 0 aromatic heterocycles. The summed E-state index contributed by atoms with van der Waals surface area (Å²) in [7, 11) is 0. The summed E-state index contributed by atoms with van der Waals surface area (Å²) in [5.74, 6) is -0.000365. The molecule has 2 aromatic carbocycles. The minimum atomic E-state index is -0.000365. The van der Waals surface area contributed by atoms with Crippen molar-refractivity contribution in [1.82, 2.24) is 5.32 Å². The molecule has 0 radical (unpaired) electrons. The first-order chi connectivity index (χ1) is 12.1. The maximum Gasteiger partial charge on any atom is 0.220 e. The summed E-state index contributed by atoms with van der Waals surface area (Å²) < 4.78 is 0. The SMILES string of the molecule is O=C(CCc1c(Cl)cccc1Cl)NCc1ccc(N2CCCC2)cc1. The fraction of sp³-hybridized carbons (Fsp3) is 0.350. The zero-order valence-corrected chi connectivity index (χ0v) is 15.6. The van der Waals surface area contributed by atoms with Crippen LogP contribution in [0.1, 0.15) is 30.4 Å². The number of hydrogen-bond acceptors (Lipinski definition) is 2. The second-order valence-electron chi connectivity index (χ2n) is 6.34. The molecule has 1 heterocycles. The third-order valence-corrected chi connectivity index (χ3v) is 5.27. The van der Waals surface area contributed by atoms with Gasteiger partial charge in [-0.3, -0.25) is 4.79 Å². The molecule has 2 aromatic rings. The van der Waals surface area contributed by atoms with Gasteiger partial charge in [0.05, 0.1) is 0 Å². The molecule has 3 rings (SSSR count). The highest BCUT2D eigenvalue weighted by Crippen LogP contribution is 2.25. The Morgan fingerprint density at radius 2 is 1.64 bits per heavy atom. The van der Waals surface area contributed by atoms with Crippen LogP contribution in [0.2, 0.25) is 10.0 Å². The van der Waals surface area contributed by atoms with Gasteiger partial charge < -0.3 is 10.2 Å². The maximum absolute atomic E-state index is 12.1. The summed E-state index contributed by atoms with van der Waals surface area (Å²) in [5.41, 5.74) is 3.20. The third-order valence-electron chi connectivity index (χ3n) is 4.56. The predicted octanol–water partition coefficient (Wildman–Crippen LogP) is 4.84. The Hall–Kier alpha value is -1.71. The molecule has 132 valence electrons. The molecule has 1 N–H and O–H groups in total. The molecular formula is C20H22Cl2N2O. The number of nitrogens with one attached hydrogen (secondary N) is 1. The van der Waals surface area contributed by atoms with Crippen LogP contribution in [0.4, 0.5) is 5.69 Å². The van der Waals surface area contributed by atoms with Gasteiger partial charge in [-0.2, -0.15) is 0 Å². The lowest BCUT2D eigenvalue weighted by atomic mass is 10.1. The standard InChI is InChI=1S/C20H22Cl2N2O/c21-18-4-3-5-19(22)17(18)10-11-20(25)23-14-15-6-8-16(9-7-15)24-12-1-2-13-24/h3-9H,1-2,10-14H2,(H,23,25). The van der Waals surface area contributed by atoms with Gasteiger partial charge in [-0.05, 0) is 54.7 Å². The highest BCUT2D eigenvalue weighted by molar-refractivity contribution is 6.36. The van der Waals surface area contributed by atoms with Crippen molar-refractivity contribution in [3.05, 3.63) is 63.6 Å². The van der Waals surface area contributed by atoms with Crippen LogP contribution < -0.4 is 10.2 Å². The number of carbonyl (C=O) groups excluding carboxylic acids is 1. The Labute approximate surface area is 158 Å². The van der Waals surface area contributed by atoms with Crippen molar-refractivity contribution in [1.29, 1.82) is 0 Å². The lowest BCUT2D eigenvalue weighted by molar-refractivity contribution is -0.121. The van der Waals surface area contributed by atoms with E-state index in [2.05, 4.69) is 34.5 Å². The Morgan fingerprint density at radius 1 is 1.00 bits per heavy atom. The molecular weight excluding hydrogens is 355 g/mol. The van der Waals surface area contributed by atoms with E-state index in [1.54, 1.807) is 18.2 Å². The molecule has 0 atom stereocenters. The highest BCUT2D eigenvalue weighted by Gasteiger charge is 2.12. The number of hydrogen-bond donors (Lipinski definition) is 1. The van der Waals surface area contributed by atoms with E-state index in [9.17, 15) is 4.79 Å². The number of nitrogens with zero attached hydrogens (tertiary/aromatic N) is 1. The molecule has 3 nitrogen and oxygen atoms in total. The van der Waals surface area contributed by atoms with E-state index in [-0.39, 0.29) is 5.91 Å². The zero-order valence-electron chi connectivity index (χ0n) is 14.1. The van der Waals surface area contributed by atoms with Crippen molar-refractivity contribution in [2.45, 2.75) is 32.2 Å². The van der Waals surface area contributed by atoms with Crippen LogP contribution in [0.15, 0.2) is 42.5 Å². The quantitative estimate of drug-likeness (QED) is 0.781. The number of halogens is 2.